The van der Waals surface area contributed by atoms with Crippen molar-refractivity contribution in [2.45, 2.75) is 0 Å². The molecule has 1 aliphatic heterocycles. The lowest BCUT2D eigenvalue weighted by Gasteiger charge is -2.03. The highest BCUT2D eigenvalue weighted by molar-refractivity contribution is 8.26. The molecule has 26 heavy (non-hydrogen) atoms. The van der Waals surface area contributed by atoms with Crippen molar-refractivity contribution in [3.05, 3.63) is 52.1 Å². The third-order valence-electron chi connectivity index (χ3n) is 3.60. The molecule has 1 fully saturated rings. The number of nitrogens with zero attached hydrogens (tertiary/aromatic N) is 1. The van der Waals surface area contributed by atoms with Crippen molar-refractivity contribution in [1.82, 2.24) is 4.90 Å². The molecular weight excluding hydrogens is 378 g/mol. The van der Waals surface area contributed by atoms with Crippen LogP contribution in [0.3, 0.4) is 0 Å². The Bertz CT molecular complexity index is 959. The largest absolute Gasteiger partial charge is 0.478 e. The first kappa shape index (κ1) is 17.9. The Morgan fingerprint density at radius 2 is 1.77 bits per heavy atom. The van der Waals surface area contributed by atoms with Crippen LogP contribution in [0.5, 0.6) is 0 Å². The molecule has 0 saturated carbocycles. The van der Waals surface area contributed by atoms with Gasteiger partial charge in [-0.2, -0.15) is 0 Å². The maximum Gasteiger partial charge on any atom is 0.335 e. The number of carboxylic acids is 2. The molecule has 1 aromatic carbocycles. The first-order valence-corrected chi connectivity index (χ1v) is 8.42. The highest BCUT2D eigenvalue weighted by Gasteiger charge is 2.29. The molecule has 2 aromatic rings. The number of carbonyl (C=O) groups is 3. The summed E-state index contributed by atoms with van der Waals surface area (Å²) in [5.74, 6) is -2.07. The van der Waals surface area contributed by atoms with E-state index >= 15 is 0 Å². The van der Waals surface area contributed by atoms with Crippen LogP contribution in [0.25, 0.3) is 17.4 Å². The van der Waals surface area contributed by atoms with Gasteiger partial charge in [-0.1, -0.05) is 24.0 Å². The molecule has 0 atom stereocenters. The fourth-order valence-electron chi connectivity index (χ4n) is 2.28. The van der Waals surface area contributed by atoms with E-state index in [9.17, 15) is 14.4 Å². The first-order valence-electron chi connectivity index (χ1n) is 7.19. The zero-order chi connectivity index (χ0) is 19.0. The van der Waals surface area contributed by atoms with Crippen LogP contribution in [-0.4, -0.2) is 44.3 Å². The van der Waals surface area contributed by atoms with Gasteiger partial charge in [0.15, 0.2) is 0 Å². The van der Waals surface area contributed by atoms with Gasteiger partial charge in [-0.3, -0.25) is 9.69 Å². The minimum Gasteiger partial charge on any atom is -0.478 e. The van der Waals surface area contributed by atoms with Crippen LogP contribution in [0.2, 0.25) is 0 Å². The normalized spacial score (nSPS) is 15.7. The number of amides is 1. The predicted octanol–water partition coefficient (Wildman–Crippen LogP) is 3.17. The summed E-state index contributed by atoms with van der Waals surface area (Å²) in [6.07, 6.45) is 1.53. The molecule has 1 aromatic heterocycles. The van der Waals surface area contributed by atoms with Crippen LogP contribution in [-0.2, 0) is 4.79 Å². The monoisotopic (exact) mass is 389 g/mol. The van der Waals surface area contributed by atoms with Crippen molar-refractivity contribution in [3.63, 3.8) is 0 Å². The summed E-state index contributed by atoms with van der Waals surface area (Å²) < 4.78 is 6.07. The molecule has 2 heterocycles. The molecular formula is C17H11NO6S2. The summed E-state index contributed by atoms with van der Waals surface area (Å²) in [4.78, 5) is 36.2. The summed E-state index contributed by atoms with van der Waals surface area (Å²) in [5.41, 5.74) is -0.0144. The average Bonchev–Trinajstić information content (AvgIpc) is 3.16. The van der Waals surface area contributed by atoms with E-state index in [1.54, 1.807) is 19.2 Å². The second kappa shape index (κ2) is 6.77. The molecule has 1 amide bonds. The van der Waals surface area contributed by atoms with E-state index in [1.165, 1.54) is 23.1 Å². The van der Waals surface area contributed by atoms with E-state index < -0.39 is 11.9 Å². The minimum atomic E-state index is -1.24. The number of thiocarbonyl (C=S) groups is 1. The lowest BCUT2D eigenvalue weighted by Crippen LogP contribution is -2.22. The van der Waals surface area contributed by atoms with Crippen LogP contribution >= 0.6 is 24.0 Å². The highest BCUT2D eigenvalue weighted by Crippen LogP contribution is 2.33. The van der Waals surface area contributed by atoms with Crippen LogP contribution in [0, 0.1) is 0 Å². The number of likely N-dealkylation sites (N-methyl/N-ethyl adjacent to an activating group) is 1. The van der Waals surface area contributed by atoms with Gasteiger partial charge in [-0.05, 0) is 30.3 Å². The molecule has 0 unspecified atom stereocenters. The smallest absolute Gasteiger partial charge is 0.335 e. The Kier molecular flexibility index (Phi) is 4.66. The molecule has 0 spiro atoms. The quantitative estimate of drug-likeness (QED) is 0.606. The van der Waals surface area contributed by atoms with Crippen LogP contribution in [0.15, 0.2) is 39.7 Å². The predicted molar refractivity (Wildman–Crippen MR) is 99.0 cm³/mol. The Morgan fingerprint density at radius 1 is 1.15 bits per heavy atom. The van der Waals surface area contributed by atoms with Gasteiger partial charge >= 0.3 is 11.9 Å². The zero-order valence-electron chi connectivity index (χ0n) is 13.3. The van der Waals surface area contributed by atoms with Gasteiger partial charge in [-0.15, -0.1) is 0 Å². The number of hydrogen-bond acceptors (Lipinski definition) is 6. The third-order valence-corrected chi connectivity index (χ3v) is 5.08. The summed E-state index contributed by atoms with van der Waals surface area (Å²) in [5, 5.41) is 18.3. The zero-order valence-corrected chi connectivity index (χ0v) is 14.9. The molecule has 1 aliphatic rings. The third kappa shape index (κ3) is 3.39. The second-order valence-electron chi connectivity index (χ2n) is 5.35. The Labute approximate surface area is 156 Å². The molecule has 9 heteroatoms. The van der Waals surface area contributed by atoms with Gasteiger partial charge in [0, 0.05) is 18.7 Å². The molecule has 0 bridgehead atoms. The molecule has 0 aliphatic carbocycles. The van der Waals surface area contributed by atoms with E-state index in [1.807, 2.05) is 0 Å². The number of furan rings is 1. The van der Waals surface area contributed by atoms with Gasteiger partial charge < -0.3 is 14.6 Å². The SMILES string of the molecule is CN1C(=O)/C(=C/c2ccc(-c3cc(C(=O)O)cc(C(=O)O)c3)o2)SC1=S. The first-order chi connectivity index (χ1) is 12.3. The van der Waals surface area contributed by atoms with Crippen LogP contribution < -0.4 is 0 Å². The van der Waals surface area contributed by atoms with Crippen molar-refractivity contribution in [3.8, 4) is 11.3 Å². The van der Waals surface area contributed by atoms with Gasteiger partial charge in [0.1, 0.15) is 15.8 Å². The molecule has 3 rings (SSSR count). The molecule has 2 N–H and O–H groups in total. The summed E-state index contributed by atoms with van der Waals surface area (Å²) in [6, 6.07) is 6.90. The molecule has 0 radical (unpaired) electrons. The number of carbonyl (C=O) groups excluding carboxylic acids is 1. The fourth-order valence-corrected chi connectivity index (χ4v) is 3.44. The van der Waals surface area contributed by atoms with Gasteiger partial charge in [0.25, 0.3) is 5.91 Å². The van der Waals surface area contributed by atoms with Gasteiger partial charge in [0.05, 0.1) is 16.0 Å². The van der Waals surface area contributed by atoms with Crippen molar-refractivity contribution in [2.75, 3.05) is 7.05 Å². The number of hydrogen-bond donors (Lipinski definition) is 2. The van der Waals surface area contributed by atoms with Crippen molar-refractivity contribution >= 4 is 52.2 Å². The summed E-state index contributed by atoms with van der Waals surface area (Å²) in [7, 11) is 1.58. The van der Waals surface area contributed by atoms with Crippen molar-refractivity contribution in [2.24, 2.45) is 0 Å². The fraction of sp³-hybridized carbons (Fsp3) is 0.0588. The summed E-state index contributed by atoms with van der Waals surface area (Å²) in [6.45, 7) is 0. The van der Waals surface area contributed by atoms with Crippen LogP contribution in [0.4, 0.5) is 0 Å². The molecule has 1 saturated heterocycles. The number of aromatic carboxylic acids is 2. The lowest BCUT2D eigenvalue weighted by atomic mass is 10.0. The lowest BCUT2D eigenvalue weighted by molar-refractivity contribution is -0.121. The standard InChI is InChI=1S/C17H11NO6S2/c1-18-14(19)13(26-17(18)25)7-11-2-3-12(24-11)8-4-9(15(20)21)6-10(5-8)16(22)23/h2-7H,1H3,(H,20,21)(H,22,23)/b13-7-. The molecule has 132 valence electrons. The number of thioether (sulfide) groups is 1. The maximum absolute atomic E-state index is 12.0. The van der Waals surface area contributed by atoms with Crippen molar-refractivity contribution < 1.29 is 29.0 Å². The average molecular weight is 389 g/mol. The van der Waals surface area contributed by atoms with E-state index in [4.69, 9.17) is 26.8 Å². The van der Waals surface area contributed by atoms with Crippen LogP contribution in [0.1, 0.15) is 26.5 Å². The van der Waals surface area contributed by atoms with Gasteiger partial charge in [0.2, 0.25) is 0 Å². The molecule has 7 nitrogen and oxygen atoms in total. The highest BCUT2D eigenvalue weighted by atomic mass is 32.2. The van der Waals surface area contributed by atoms with E-state index in [2.05, 4.69) is 0 Å². The Balaban J connectivity index is 1.98. The van der Waals surface area contributed by atoms with Crippen molar-refractivity contribution in [1.29, 1.82) is 0 Å². The number of benzene rings is 1. The number of rotatable bonds is 4. The Hall–Kier alpha value is -2.91. The van der Waals surface area contributed by atoms with Gasteiger partial charge in [-0.25, -0.2) is 9.59 Å². The van der Waals surface area contributed by atoms with E-state index in [-0.39, 0.29) is 22.8 Å². The van der Waals surface area contributed by atoms with E-state index in [0.717, 1.165) is 17.8 Å². The summed E-state index contributed by atoms with van der Waals surface area (Å²) >= 11 is 6.20. The Morgan fingerprint density at radius 3 is 2.27 bits per heavy atom. The minimum absolute atomic E-state index is 0.162. The van der Waals surface area contributed by atoms with E-state index in [0.29, 0.717) is 20.5 Å². The maximum atomic E-state index is 12.0. The second-order valence-corrected chi connectivity index (χ2v) is 7.03. The number of carboxylic acid groups (broad SMARTS) is 2. The topological polar surface area (TPSA) is 108 Å².